The minimum Gasteiger partial charge on any atom is -0.341 e. The second-order valence-electron chi connectivity index (χ2n) is 7.43. The van der Waals surface area contributed by atoms with Gasteiger partial charge >= 0.3 is 0 Å². The van der Waals surface area contributed by atoms with E-state index in [0.717, 1.165) is 18.9 Å². The van der Waals surface area contributed by atoms with Gasteiger partial charge in [-0.05, 0) is 61.6 Å². The van der Waals surface area contributed by atoms with E-state index in [9.17, 15) is 17.6 Å². The molecule has 1 amide bonds. The van der Waals surface area contributed by atoms with E-state index < -0.39 is 15.8 Å². The third-order valence-corrected chi connectivity index (χ3v) is 6.55. The molecule has 7 heteroatoms. The molecular weight excluding hydrogens is 379 g/mol. The van der Waals surface area contributed by atoms with Crippen molar-refractivity contribution in [1.82, 2.24) is 4.90 Å². The van der Waals surface area contributed by atoms with E-state index in [1.54, 1.807) is 37.1 Å². The van der Waals surface area contributed by atoms with Crippen molar-refractivity contribution >= 4 is 21.6 Å². The summed E-state index contributed by atoms with van der Waals surface area (Å²) in [5, 5.41) is 0. The molecule has 0 bridgehead atoms. The van der Waals surface area contributed by atoms with E-state index in [1.807, 2.05) is 0 Å². The van der Waals surface area contributed by atoms with Crippen LogP contribution in [0.3, 0.4) is 0 Å². The number of rotatable bonds is 6. The third kappa shape index (κ3) is 4.70. The molecule has 0 aliphatic heterocycles. The van der Waals surface area contributed by atoms with E-state index in [-0.39, 0.29) is 16.5 Å². The standard InChI is InChI=1S/C21H25FN2O3S/c1-15-10-11-19(13-20(15)22)28(26,27)23-18-9-5-8-17(12-18)21(25)24(2)14-16-6-3-4-7-16/h5,8-13,16,23H,3-4,6-7,14H2,1-2H3. The van der Waals surface area contributed by atoms with Crippen molar-refractivity contribution < 1.29 is 17.6 Å². The second kappa shape index (κ2) is 8.31. The number of halogens is 1. The maximum Gasteiger partial charge on any atom is 0.261 e. The summed E-state index contributed by atoms with van der Waals surface area (Å²) >= 11 is 0. The Labute approximate surface area is 165 Å². The molecular formula is C21H25FN2O3S. The van der Waals surface area contributed by atoms with Crippen LogP contribution in [0.25, 0.3) is 0 Å². The molecule has 1 aliphatic carbocycles. The maximum absolute atomic E-state index is 13.7. The quantitative estimate of drug-likeness (QED) is 0.785. The van der Waals surface area contributed by atoms with Crippen molar-refractivity contribution in [3.63, 3.8) is 0 Å². The van der Waals surface area contributed by atoms with Crippen LogP contribution in [0.4, 0.5) is 10.1 Å². The van der Waals surface area contributed by atoms with E-state index in [0.29, 0.717) is 23.6 Å². The van der Waals surface area contributed by atoms with Gasteiger partial charge in [0.15, 0.2) is 0 Å². The molecule has 1 saturated carbocycles. The summed E-state index contributed by atoms with van der Waals surface area (Å²) in [5.41, 5.74) is 1.05. The summed E-state index contributed by atoms with van der Waals surface area (Å²) in [6.07, 6.45) is 4.71. The van der Waals surface area contributed by atoms with Crippen LogP contribution in [-0.2, 0) is 10.0 Å². The van der Waals surface area contributed by atoms with Gasteiger partial charge < -0.3 is 4.90 Å². The number of benzene rings is 2. The highest BCUT2D eigenvalue weighted by Gasteiger charge is 2.21. The van der Waals surface area contributed by atoms with Crippen LogP contribution in [0.1, 0.15) is 41.6 Å². The lowest BCUT2D eigenvalue weighted by molar-refractivity contribution is 0.0773. The highest BCUT2D eigenvalue weighted by atomic mass is 32.2. The Morgan fingerprint density at radius 3 is 2.57 bits per heavy atom. The fourth-order valence-electron chi connectivity index (χ4n) is 3.55. The van der Waals surface area contributed by atoms with Gasteiger partial charge in [-0.2, -0.15) is 0 Å². The van der Waals surface area contributed by atoms with Crippen LogP contribution in [-0.4, -0.2) is 32.8 Å². The number of amides is 1. The third-order valence-electron chi connectivity index (χ3n) is 5.17. The summed E-state index contributed by atoms with van der Waals surface area (Å²) in [6, 6.07) is 10.1. The number of nitrogens with zero attached hydrogens (tertiary/aromatic N) is 1. The van der Waals surface area contributed by atoms with Crippen LogP contribution in [0, 0.1) is 18.7 Å². The van der Waals surface area contributed by atoms with Gasteiger partial charge in [0.05, 0.1) is 4.90 Å². The van der Waals surface area contributed by atoms with E-state index in [1.165, 1.54) is 31.0 Å². The first-order valence-electron chi connectivity index (χ1n) is 9.41. The Bertz CT molecular complexity index is 969. The number of sulfonamides is 1. The smallest absolute Gasteiger partial charge is 0.261 e. The van der Waals surface area contributed by atoms with Gasteiger partial charge in [-0.1, -0.05) is 25.0 Å². The van der Waals surface area contributed by atoms with Crippen molar-refractivity contribution in [2.24, 2.45) is 5.92 Å². The van der Waals surface area contributed by atoms with Gasteiger partial charge in [-0.25, -0.2) is 12.8 Å². The number of nitrogens with one attached hydrogen (secondary N) is 1. The van der Waals surface area contributed by atoms with Crippen LogP contribution in [0.2, 0.25) is 0 Å². The molecule has 0 spiro atoms. The summed E-state index contributed by atoms with van der Waals surface area (Å²) < 4.78 is 41.2. The molecule has 0 radical (unpaired) electrons. The molecule has 1 fully saturated rings. The predicted molar refractivity (Wildman–Crippen MR) is 107 cm³/mol. The zero-order valence-electron chi connectivity index (χ0n) is 16.1. The molecule has 3 rings (SSSR count). The summed E-state index contributed by atoms with van der Waals surface area (Å²) in [5.74, 6) is -0.193. The van der Waals surface area contributed by atoms with Crippen molar-refractivity contribution in [2.75, 3.05) is 18.3 Å². The molecule has 1 aliphatic rings. The van der Waals surface area contributed by atoms with Crippen molar-refractivity contribution in [2.45, 2.75) is 37.5 Å². The molecule has 28 heavy (non-hydrogen) atoms. The maximum atomic E-state index is 13.7. The lowest BCUT2D eigenvalue weighted by Crippen LogP contribution is -2.31. The zero-order valence-corrected chi connectivity index (χ0v) is 16.9. The molecule has 2 aromatic rings. The lowest BCUT2D eigenvalue weighted by atomic mass is 10.1. The highest BCUT2D eigenvalue weighted by Crippen LogP contribution is 2.26. The number of anilines is 1. The average Bonchev–Trinajstić information content (AvgIpc) is 3.16. The number of hydrogen-bond donors (Lipinski definition) is 1. The van der Waals surface area contributed by atoms with Gasteiger partial charge in [0.25, 0.3) is 15.9 Å². The Kier molecular flexibility index (Phi) is 6.03. The minimum atomic E-state index is -3.95. The number of aryl methyl sites for hydroxylation is 1. The predicted octanol–water partition coefficient (Wildman–Crippen LogP) is 4.20. The first-order valence-corrected chi connectivity index (χ1v) is 10.9. The summed E-state index contributed by atoms with van der Waals surface area (Å²) in [6.45, 7) is 2.27. The van der Waals surface area contributed by atoms with Crippen LogP contribution >= 0.6 is 0 Å². The molecule has 0 saturated heterocycles. The normalized spacial score (nSPS) is 14.8. The number of carbonyl (C=O) groups excluding carboxylic acids is 1. The zero-order chi connectivity index (χ0) is 20.3. The Balaban J connectivity index is 1.75. The van der Waals surface area contributed by atoms with Gasteiger partial charge in [0.2, 0.25) is 0 Å². The molecule has 2 aromatic carbocycles. The largest absolute Gasteiger partial charge is 0.341 e. The van der Waals surface area contributed by atoms with Crippen LogP contribution in [0.5, 0.6) is 0 Å². The highest BCUT2D eigenvalue weighted by molar-refractivity contribution is 7.92. The minimum absolute atomic E-state index is 0.144. The molecule has 150 valence electrons. The van der Waals surface area contributed by atoms with Gasteiger partial charge in [-0.3, -0.25) is 9.52 Å². The monoisotopic (exact) mass is 404 g/mol. The fourth-order valence-corrected chi connectivity index (χ4v) is 4.61. The van der Waals surface area contributed by atoms with Crippen LogP contribution < -0.4 is 4.72 Å². The average molecular weight is 405 g/mol. The summed E-state index contributed by atoms with van der Waals surface area (Å²) in [7, 11) is -2.18. The molecule has 0 heterocycles. The van der Waals surface area contributed by atoms with Crippen molar-refractivity contribution in [3.8, 4) is 0 Å². The summed E-state index contributed by atoms with van der Waals surface area (Å²) in [4.78, 5) is 14.2. The van der Waals surface area contributed by atoms with E-state index in [2.05, 4.69) is 4.72 Å². The fraction of sp³-hybridized carbons (Fsp3) is 0.381. The molecule has 0 unspecified atom stereocenters. The van der Waals surface area contributed by atoms with Crippen molar-refractivity contribution in [3.05, 3.63) is 59.4 Å². The van der Waals surface area contributed by atoms with Gasteiger partial charge in [0, 0.05) is 24.8 Å². The lowest BCUT2D eigenvalue weighted by Gasteiger charge is -2.21. The van der Waals surface area contributed by atoms with Crippen molar-refractivity contribution in [1.29, 1.82) is 0 Å². The van der Waals surface area contributed by atoms with Gasteiger partial charge in [0.1, 0.15) is 5.82 Å². The molecule has 5 nitrogen and oxygen atoms in total. The Morgan fingerprint density at radius 1 is 1.18 bits per heavy atom. The van der Waals surface area contributed by atoms with Gasteiger partial charge in [-0.15, -0.1) is 0 Å². The Hall–Kier alpha value is -2.41. The first kappa shape index (κ1) is 20.3. The number of hydrogen-bond acceptors (Lipinski definition) is 3. The molecule has 1 N–H and O–H groups in total. The first-order chi connectivity index (χ1) is 13.3. The van der Waals surface area contributed by atoms with E-state index >= 15 is 0 Å². The topological polar surface area (TPSA) is 66.5 Å². The second-order valence-corrected chi connectivity index (χ2v) is 9.12. The van der Waals surface area contributed by atoms with Crippen LogP contribution in [0.15, 0.2) is 47.4 Å². The molecule has 0 atom stereocenters. The SMILES string of the molecule is Cc1ccc(S(=O)(=O)Nc2cccc(C(=O)N(C)CC3CCCC3)c2)cc1F. The molecule has 0 aromatic heterocycles. The number of carbonyl (C=O) groups is 1. The van der Waals surface area contributed by atoms with E-state index in [4.69, 9.17) is 0 Å². The Morgan fingerprint density at radius 2 is 1.89 bits per heavy atom.